The van der Waals surface area contributed by atoms with Crippen LogP contribution >= 0.6 is 45.2 Å². The molecule has 3 aliphatic rings. The van der Waals surface area contributed by atoms with E-state index in [0.29, 0.717) is 0 Å². The summed E-state index contributed by atoms with van der Waals surface area (Å²) >= 11 is 5.18. The van der Waals surface area contributed by atoms with Crippen molar-refractivity contribution in [3.63, 3.8) is 0 Å². The first-order chi connectivity index (χ1) is 4.30. The lowest BCUT2D eigenvalue weighted by Gasteiger charge is -2.48. The Morgan fingerprint density at radius 1 is 1.22 bits per heavy atom. The second-order valence-electron chi connectivity index (χ2n) is 2.79. The fraction of sp³-hybridized carbons (Fsp3) is 0.714. The largest absolute Gasteiger partial charge is 0.0878 e. The Hall–Kier alpha value is 1.20. The van der Waals surface area contributed by atoms with Crippen LogP contribution in [0.5, 0.6) is 0 Å². The molecule has 0 spiro atoms. The summed E-state index contributed by atoms with van der Waals surface area (Å²) in [7, 11) is 0. The van der Waals surface area contributed by atoms with Gasteiger partial charge in [0.25, 0.3) is 0 Å². The number of halogens is 2. The first-order valence-electron chi connectivity index (χ1n) is 3.25. The van der Waals surface area contributed by atoms with E-state index in [1.165, 1.54) is 6.42 Å². The quantitative estimate of drug-likeness (QED) is 0.360. The molecule has 0 aromatic heterocycles. The average Bonchev–Trinajstić information content (AvgIpc) is 1.91. The van der Waals surface area contributed by atoms with E-state index in [-0.39, 0.29) is 0 Å². The number of hydrogen-bond donors (Lipinski definition) is 0. The highest BCUT2D eigenvalue weighted by atomic mass is 127. The third-order valence-electron chi connectivity index (χ3n) is 2.32. The molecule has 2 heteroatoms. The van der Waals surface area contributed by atoms with Crippen LogP contribution < -0.4 is 0 Å². The molecule has 0 nitrogen and oxygen atoms in total. The van der Waals surface area contributed by atoms with Crippen LogP contribution in [0.25, 0.3) is 0 Å². The summed E-state index contributed by atoms with van der Waals surface area (Å²) in [5.74, 6) is 1.91. The third-order valence-corrected chi connectivity index (χ3v) is 5.83. The van der Waals surface area contributed by atoms with E-state index in [1.54, 1.807) is 0 Å². The Balaban J connectivity index is 2.21. The molecule has 0 aromatic rings. The molecule has 1 fully saturated rings. The van der Waals surface area contributed by atoms with E-state index >= 15 is 0 Å². The van der Waals surface area contributed by atoms with Crippen LogP contribution in [0.1, 0.15) is 6.42 Å². The van der Waals surface area contributed by atoms with E-state index < -0.39 is 0 Å². The average molecular weight is 346 g/mol. The van der Waals surface area contributed by atoms with Gasteiger partial charge in [0.1, 0.15) is 0 Å². The van der Waals surface area contributed by atoms with E-state index in [2.05, 4.69) is 57.3 Å². The van der Waals surface area contributed by atoms with Crippen LogP contribution in [-0.2, 0) is 0 Å². The smallest absolute Gasteiger partial charge is 0.0224 e. The lowest BCUT2D eigenvalue weighted by atomic mass is 9.69. The lowest BCUT2D eigenvalue weighted by molar-refractivity contribution is 0.282. The molecule has 3 rings (SSSR count). The van der Waals surface area contributed by atoms with Crippen molar-refractivity contribution < 1.29 is 0 Å². The summed E-state index contributed by atoms with van der Waals surface area (Å²) in [4.78, 5) is 0. The summed E-state index contributed by atoms with van der Waals surface area (Å²) in [6.07, 6.45) is 6.07. The number of hydrogen-bond acceptors (Lipinski definition) is 0. The topological polar surface area (TPSA) is 0 Å². The Bertz CT molecular complexity index is 143. The Morgan fingerprint density at radius 3 is 2.11 bits per heavy atom. The summed E-state index contributed by atoms with van der Waals surface area (Å²) < 4.78 is 1.91. The highest BCUT2D eigenvalue weighted by Gasteiger charge is 2.47. The van der Waals surface area contributed by atoms with Gasteiger partial charge in [-0.1, -0.05) is 57.3 Å². The second kappa shape index (κ2) is 2.36. The van der Waals surface area contributed by atoms with Gasteiger partial charge in [0, 0.05) is 13.8 Å². The normalized spacial score (nSPS) is 54.9. The van der Waals surface area contributed by atoms with Gasteiger partial charge in [-0.25, -0.2) is 0 Å². The van der Waals surface area contributed by atoms with Gasteiger partial charge in [-0.3, -0.25) is 0 Å². The minimum Gasteiger partial charge on any atom is -0.0878 e. The third kappa shape index (κ3) is 0.886. The zero-order valence-corrected chi connectivity index (χ0v) is 9.24. The zero-order valence-electron chi connectivity index (χ0n) is 4.93. The number of rotatable bonds is 0. The van der Waals surface area contributed by atoms with Crippen molar-refractivity contribution >= 4 is 45.2 Å². The van der Waals surface area contributed by atoms with E-state index in [9.17, 15) is 0 Å². The molecule has 2 bridgehead atoms. The van der Waals surface area contributed by atoms with Crippen molar-refractivity contribution in [3.8, 4) is 0 Å². The molecular weight excluding hydrogens is 338 g/mol. The first kappa shape index (κ1) is 6.88. The van der Waals surface area contributed by atoms with E-state index in [4.69, 9.17) is 0 Å². The van der Waals surface area contributed by atoms with Gasteiger partial charge in [0.2, 0.25) is 0 Å². The molecule has 4 atom stereocenters. The molecule has 1 saturated carbocycles. The van der Waals surface area contributed by atoms with Gasteiger partial charge < -0.3 is 0 Å². The Kier molecular flexibility index (Phi) is 1.80. The van der Waals surface area contributed by atoms with Crippen LogP contribution in [0, 0.1) is 11.8 Å². The fourth-order valence-corrected chi connectivity index (χ4v) is 6.09. The van der Waals surface area contributed by atoms with Crippen molar-refractivity contribution in [2.45, 2.75) is 14.3 Å². The molecule has 0 N–H and O–H groups in total. The van der Waals surface area contributed by atoms with Gasteiger partial charge in [-0.2, -0.15) is 0 Å². The van der Waals surface area contributed by atoms with Crippen LogP contribution in [0.4, 0.5) is 0 Å². The van der Waals surface area contributed by atoms with Gasteiger partial charge >= 0.3 is 0 Å². The molecular formula is C7H8I2. The highest BCUT2D eigenvalue weighted by Crippen LogP contribution is 2.50. The molecule has 0 amide bonds. The molecule has 9 heavy (non-hydrogen) atoms. The number of alkyl halides is 2. The molecule has 0 heterocycles. The van der Waals surface area contributed by atoms with Gasteiger partial charge in [0.15, 0.2) is 0 Å². The molecule has 50 valence electrons. The minimum absolute atomic E-state index is 0.907. The Labute approximate surface area is 82.8 Å². The predicted octanol–water partition coefficient (Wildman–Crippen LogP) is 2.80. The summed E-state index contributed by atoms with van der Waals surface area (Å²) in [5.41, 5.74) is 0. The van der Waals surface area contributed by atoms with Crippen LogP contribution in [0.3, 0.4) is 0 Å². The molecule has 3 unspecified atom stereocenters. The molecule has 0 saturated heterocycles. The lowest BCUT2D eigenvalue weighted by Crippen LogP contribution is -2.49. The van der Waals surface area contributed by atoms with Crippen molar-refractivity contribution in [3.05, 3.63) is 12.2 Å². The van der Waals surface area contributed by atoms with Crippen LogP contribution in [0.15, 0.2) is 12.2 Å². The SMILES string of the molecule is IC1C2C=CCC1[C@@H]2I. The fourth-order valence-electron chi connectivity index (χ4n) is 1.64. The molecule has 0 radical (unpaired) electrons. The second-order valence-corrected chi connectivity index (χ2v) is 5.67. The van der Waals surface area contributed by atoms with Crippen molar-refractivity contribution in [1.29, 1.82) is 0 Å². The van der Waals surface area contributed by atoms with Crippen LogP contribution in [-0.4, -0.2) is 7.85 Å². The maximum absolute atomic E-state index is 2.59. The van der Waals surface area contributed by atoms with Crippen molar-refractivity contribution in [2.24, 2.45) is 11.8 Å². The first-order valence-corrected chi connectivity index (χ1v) is 5.74. The van der Waals surface area contributed by atoms with Gasteiger partial charge in [-0.15, -0.1) is 0 Å². The van der Waals surface area contributed by atoms with Crippen LogP contribution in [0.2, 0.25) is 0 Å². The molecule has 3 aliphatic carbocycles. The van der Waals surface area contributed by atoms with E-state index in [1.807, 2.05) is 0 Å². The molecule has 0 aliphatic heterocycles. The predicted molar refractivity (Wildman–Crippen MR) is 56.4 cm³/mol. The summed E-state index contributed by atoms with van der Waals surface area (Å²) in [6.45, 7) is 0. The molecule has 0 aromatic carbocycles. The minimum atomic E-state index is 0.907. The van der Waals surface area contributed by atoms with Crippen molar-refractivity contribution in [1.82, 2.24) is 0 Å². The summed E-state index contributed by atoms with van der Waals surface area (Å²) in [5, 5.41) is 0. The maximum Gasteiger partial charge on any atom is 0.0224 e. The van der Waals surface area contributed by atoms with Gasteiger partial charge in [-0.05, 0) is 12.3 Å². The highest BCUT2D eigenvalue weighted by molar-refractivity contribution is 14.1. The number of fused-ring (bicyclic) bond motifs is 1. The van der Waals surface area contributed by atoms with E-state index in [0.717, 1.165) is 19.7 Å². The maximum atomic E-state index is 2.59. The Morgan fingerprint density at radius 2 is 1.89 bits per heavy atom. The summed E-state index contributed by atoms with van der Waals surface area (Å²) in [6, 6.07) is 0. The zero-order chi connectivity index (χ0) is 6.43. The van der Waals surface area contributed by atoms with Crippen molar-refractivity contribution in [2.75, 3.05) is 0 Å². The number of allylic oxidation sites excluding steroid dienone is 2. The van der Waals surface area contributed by atoms with Gasteiger partial charge in [0.05, 0.1) is 0 Å². The monoisotopic (exact) mass is 346 g/mol. The standard InChI is InChI=1S/C7H8I2/c8-6-4-2-1-3-5(6)7(4)9/h1-2,4-7H,3H2/t4?,5?,6-,7?/m1/s1.